The molecule has 0 saturated carbocycles. The third-order valence-corrected chi connectivity index (χ3v) is 2.13. The lowest BCUT2D eigenvalue weighted by Crippen LogP contribution is -2.19. The summed E-state index contributed by atoms with van der Waals surface area (Å²) in [7, 11) is 0. The number of alkyl halides is 5. The second kappa shape index (κ2) is 7.09. The SMILES string of the molecule is CCOC(=O)Cc1ccc(OC(F)F)cc1OC(F)(F)F. The number of hydrogen-bond acceptors (Lipinski definition) is 4. The van der Waals surface area contributed by atoms with Crippen LogP contribution in [0.1, 0.15) is 12.5 Å². The molecule has 0 unspecified atom stereocenters. The van der Waals surface area contributed by atoms with Gasteiger partial charge in [0.1, 0.15) is 11.5 Å². The largest absolute Gasteiger partial charge is 0.573 e. The first kappa shape index (κ1) is 17.0. The Hall–Kier alpha value is -2.06. The van der Waals surface area contributed by atoms with E-state index in [1.807, 2.05) is 0 Å². The van der Waals surface area contributed by atoms with Crippen molar-refractivity contribution in [1.82, 2.24) is 0 Å². The highest BCUT2D eigenvalue weighted by Crippen LogP contribution is 2.31. The molecule has 4 nitrogen and oxygen atoms in total. The zero-order chi connectivity index (χ0) is 16.0. The van der Waals surface area contributed by atoms with Gasteiger partial charge in [0, 0.05) is 11.6 Å². The van der Waals surface area contributed by atoms with E-state index in [0.717, 1.165) is 12.1 Å². The predicted octanol–water partition coefficient (Wildman–Crippen LogP) is 3.29. The van der Waals surface area contributed by atoms with Crippen molar-refractivity contribution >= 4 is 5.97 Å². The molecule has 118 valence electrons. The molecule has 0 fully saturated rings. The molecule has 0 atom stereocenters. The summed E-state index contributed by atoms with van der Waals surface area (Å²) in [5.74, 6) is -2.09. The van der Waals surface area contributed by atoms with E-state index in [2.05, 4.69) is 14.2 Å². The first-order valence-corrected chi connectivity index (χ1v) is 5.70. The van der Waals surface area contributed by atoms with Gasteiger partial charge in [-0.15, -0.1) is 13.2 Å². The number of esters is 1. The molecule has 0 N–H and O–H groups in total. The van der Waals surface area contributed by atoms with Crippen LogP contribution in [0.5, 0.6) is 11.5 Å². The van der Waals surface area contributed by atoms with Gasteiger partial charge in [-0.25, -0.2) is 0 Å². The van der Waals surface area contributed by atoms with E-state index in [-0.39, 0.29) is 12.2 Å². The smallest absolute Gasteiger partial charge is 0.466 e. The maximum atomic E-state index is 12.3. The molecule has 21 heavy (non-hydrogen) atoms. The van der Waals surface area contributed by atoms with E-state index in [1.165, 1.54) is 6.92 Å². The summed E-state index contributed by atoms with van der Waals surface area (Å²) in [6.45, 7) is -1.61. The summed E-state index contributed by atoms with van der Waals surface area (Å²) in [6, 6.07) is 2.66. The summed E-state index contributed by atoms with van der Waals surface area (Å²) in [4.78, 5) is 11.3. The van der Waals surface area contributed by atoms with Crippen LogP contribution in [-0.2, 0) is 16.0 Å². The Morgan fingerprint density at radius 2 is 1.95 bits per heavy atom. The summed E-state index contributed by atoms with van der Waals surface area (Å²) in [6.07, 6.45) is -5.53. The fourth-order valence-electron chi connectivity index (χ4n) is 1.44. The Labute approximate surface area is 116 Å². The van der Waals surface area contributed by atoms with Gasteiger partial charge in [-0.05, 0) is 13.0 Å². The molecule has 0 aromatic heterocycles. The molecule has 1 aromatic carbocycles. The molecule has 0 amide bonds. The van der Waals surface area contributed by atoms with E-state index < -0.39 is 36.9 Å². The number of benzene rings is 1. The van der Waals surface area contributed by atoms with Crippen LogP contribution in [0.3, 0.4) is 0 Å². The van der Waals surface area contributed by atoms with Crippen molar-refractivity contribution in [1.29, 1.82) is 0 Å². The first-order valence-electron chi connectivity index (χ1n) is 5.70. The lowest BCUT2D eigenvalue weighted by molar-refractivity contribution is -0.275. The zero-order valence-corrected chi connectivity index (χ0v) is 10.7. The van der Waals surface area contributed by atoms with Crippen LogP contribution >= 0.6 is 0 Å². The average molecular weight is 314 g/mol. The Balaban J connectivity index is 3.02. The standard InChI is InChI=1S/C12H11F5O4/c1-2-19-10(18)5-7-3-4-8(20-11(13)14)6-9(7)21-12(15,16)17/h3-4,6,11H,2,5H2,1H3. The van der Waals surface area contributed by atoms with E-state index >= 15 is 0 Å². The molecular weight excluding hydrogens is 303 g/mol. The third kappa shape index (κ3) is 6.28. The number of halogens is 5. The highest BCUT2D eigenvalue weighted by Gasteiger charge is 2.32. The molecule has 0 aliphatic heterocycles. The quantitative estimate of drug-likeness (QED) is 0.597. The van der Waals surface area contributed by atoms with Crippen molar-refractivity contribution in [2.24, 2.45) is 0 Å². The van der Waals surface area contributed by atoms with Crippen molar-refractivity contribution in [3.05, 3.63) is 23.8 Å². The lowest BCUT2D eigenvalue weighted by atomic mass is 10.1. The van der Waals surface area contributed by atoms with Crippen LogP contribution in [0.15, 0.2) is 18.2 Å². The summed E-state index contributed by atoms with van der Waals surface area (Å²) in [5, 5.41) is 0. The van der Waals surface area contributed by atoms with E-state index in [1.54, 1.807) is 0 Å². The van der Waals surface area contributed by atoms with Gasteiger partial charge in [-0.3, -0.25) is 4.79 Å². The average Bonchev–Trinajstić information content (AvgIpc) is 2.30. The Kier molecular flexibility index (Phi) is 5.74. The van der Waals surface area contributed by atoms with Crippen molar-refractivity contribution in [2.75, 3.05) is 6.61 Å². The number of rotatable bonds is 6. The minimum absolute atomic E-state index is 0.0564. The van der Waals surface area contributed by atoms with Gasteiger partial charge < -0.3 is 14.2 Å². The molecule has 1 aromatic rings. The molecule has 0 aliphatic rings. The van der Waals surface area contributed by atoms with Crippen molar-refractivity contribution < 1.29 is 41.0 Å². The second-order valence-corrected chi connectivity index (χ2v) is 3.68. The fraction of sp³-hybridized carbons (Fsp3) is 0.417. The first-order chi connectivity index (χ1) is 9.71. The van der Waals surface area contributed by atoms with Crippen LogP contribution in [0, 0.1) is 0 Å². The van der Waals surface area contributed by atoms with Crippen LogP contribution in [0.2, 0.25) is 0 Å². The molecule has 0 bridgehead atoms. The molecule has 0 spiro atoms. The Bertz CT molecular complexity index is 487. The van der Waals surface area contributed by atoms with Gasteiger partial charge in [0.15, 0.2) is 0 Å². The topological polar surface area (TPSA) is 44.8 Å². The molecule has 0 aliphatic carbocycles. The van der Waals surface area contributed by atoms with Crippen molar-refractivity contribution in [3.8, 4) is 11.5 Å². The van der Waals surface area contributed by atoms with Gasteiger partial charge in [0.25, 0.3) is 0 Å². The minimum atomic E-state index is -5.03. The van der Waals surface area contributed by atoms with Crippen molar-refractivity contribution in [2.45, 2.75) is 26.3 Å². The second-order valence-electron chi connectivity index (χ2n) is 3.68. The van der Waals surface area contributed by atoms with Crippen LogP contribution in [0.4, 0.5) is 22.0 Å². The maximum absolute atomic E-state index is 12.3. The number of carbonyl (C=O) groups is 1. The molecule has 1 rings (SSSR count). The van der Waals surface area contributed by atoms with Gasteiger partial charge in [0.05, 0.1) is 13.0 Å². The zero-order valence-electron chi connectivity index (χ0n) is 10.7. The van der Waals surface area contributed by atoms with Crippen LogP contribution in [0.25, 0.3) is 0 Å². The number of ether oxygens (including phenoxy) is 3. The fourth-order valence-corrected chi connectivity index (χ4v) is 1.44. The van der Waals surface area contributed by atoms with Gasteiger partial charge in [0.2, 0.25) is 0 Å². The summed E-state index contributed by atoms with van der Waals surface area (Å²) in [5.41, 5.74) is -0.160. The van der Waals surface area contributed by atoms with Crippen LogP contribution < -0.4 is 9.47 Å². The molecule has 0 heterocycles. The van der Waals surface area contributed by atoms with Crippen molar-refractivity contribution in [3.63, 3.8) is 0 Å². The highest BCUT2D eigenvalue weighted by atomic mass is 19.4. The Morgan fingerprint density at radius 3 is 2.48 bits per heavy atom. The number of carbonyl (C=O) groups excluding carboxylic acids is 1. The minimum Gasteiger partial charge on any atom is -0.466 e. The predicted molar refractivity (Wildman–Crippen MR) is 60.1 cm³/mol. The highest BCUT2D eigenvalue weighted by molar-refractivity contribution is 5.73. The van der Waals surface area contributed by atoms with E-state index in [4.69, 9.17) is 0 Å². The molecular formula is C12H11F5O4. The van der Waals surface area contributed by atoms with Gasteiger partial charge in [-0.2, -0.15) is 8.78 Å². The van der Waals surface area contributed by atoms with Gasteiger partial charge in [-0.1, -0.05) is 6.07 Å². The van der Waals surface area contributed by atoms with Crippen LogP contribution in [-0.4, -0.2) is 25.6 Å². The Morgan fingerprint density at radius 1 is 1.29 bits per heavy atom. The van der Waals surface area contributed by atoms with Gasteiger partial charge >= 0.3 is 18.9 Å². The lowest BCUT2D eigenvalue weighted by Gasteiger charge is -2.14. The number of hydrogen-bond donors (Lipinski definition) is 0. The maximum Gasteiger partial charge on any atom is 0.573 e. The van der Waals surface area contributed by atoms with E-state index in [9.17, 15) is 26.7 Å². The molecule has 0 radical (unpaired) electrons. The van der Waals surface area contributed by atoms with E-state index in [0.29, 0.717) is 6.07 Å². The summed E-state index contributed by atoms with van der Waals surface area (Å²) < 4.78 is 73.2. The third-order valence-electron chi connectivity index (χ3n) is 2.13. The monoisotopic (exact) mass is 314 g/mol. The molecule has 9 heteroatoms. The normalized spacial score (nSPS) is 11.4. The molecule has 0 saturated heterocycles. The summed E-state index contributed by atoms with van der Waals surface area (Å²) >= 11 is 0.